The fourth-order valence-corrected chi connectivity index (χ4v) is 5.88. The predicted molar refractivity (Wildman–Crippen MR) is 137 cm³/mol. The summed E-state index contributed by atoms with van der Waals surface area (Å²) in [5.74, 6) is 2.61. The molecule has 1 aliphatic heterocycles. The normalized spacial score (nSPS) is 22.8. The first-order valence-corrected chi connectivity index (χ1v) is 12.5. The summed E-state index contributed by atoms with van der Waals surface area (Å²) < 4.78 is 5.36. The van der Waals surface area contributed by atoms with Crippen molar-refractivity contribution in [3.8, 4) is 11.3 Å². The van der Waals surface area contributed by atoms with Crippen molar-refractivity contribution in [3.63, 3.8) is 0 Å². The van der Waals surface area contributed by atoms with Gasteiger partial charge in [-0.15, -0.1) is 0 Å². The molecule has 184 valence electrons. The molecule has 1 saturated heterocycles. The van der Waals surface area contributed by atoms with E-state index in [0.717, 1.165) is 64.5 Å². The molecule has 3 atom stereocenters. The van der Waals surface area contributed by atoms with E-state index in [9.17, 15) is 0 Å². The summed E-state index contributed by atoms with van der Waals surface area (Å²) in [6.45, 7) is 8.26. The number of H-pyrrole nitrogens is 1. The summed E-state index contributed by atoms with van der Waals surface area (Å²) in [4.78, 5) is 20.6. The lowest BCUT2D eigenvalue weighted by Gasteiger charge is -2.26. The van der Waals surface area contributed by atoms with Gasteiger partial charge in [-0.3, -0.25) is 15.1 Å². The van der Waals surface area contributed by atoms with Crippen molar-refractivity contribution < 1.29 is 4.52 Å². The molecule has 0 radical (unpaired) electrons. The Hall–Kier alpha value is -3.92. The van der Waals surface area contributed by atoms with E-state index in [1.165, 1.54) is 0 Å². The largest absolute Gasteiger partial charge is 0.361 e. The maximum atomic E-state index is 6.27. The van der Waals surface area contributed by atoms with E-state index in [1.807, 2.05) is 51.4 Å². The molecular formula is C26H29N9O. The van der Waals surface area contributed by atoms with Crippen molar-refractivity contribution in [1.82, 2.24) is 35.3 Å². The fraction of sp³-hybridized carbons (Fsp3) is 0.385. The third-order valence-corrected chi connectivity index (χ3v) is 7.64. The summed E-state index contributed by atoms with van der Waals surface area (Å²) in [6, 6.07) is 5.97. The Bertz CT molecular complexity index is 1540. The lowest BCUT2D eigenvalue weighted by Crippen LogP contribution is -2.32. The minimum atomic E-state index is -0.0983. The molecule has 7 rings (SSSR count). The van der Waals surface area contributed by atoms with Gasteiger partial charge >= 0.3 is 0 Å². The quantitative estimate of drug-likeness (QED) is 0.393. The van der Waals surface area contributed by atoms with Crippen LogP contribution in [-0.2, 0) is 5.41 Å². The zero-order valence-corrected chi connectivity index (χ0v) is 20.6. The molecule has 6 heterocycles. The van der Waals surface area contributed by atoms with Crippen molar-refractivity contribution in [3.05, 3.63) is 54.4 Å². The number of pyridine rings is 2. The van der Waals surface area contributed by atoms with Crippen LogP contribution in [0, 0.1) is 18.8 Å². The van der Waals surface area contributed by atoms with Gasteiger partial charge in [-0.1, -0.05) is 25.1 Å². The molecule has 5 aromatic rings. The van der Waals surface area contributed by atoms with Gasteiger partial charge in [-0.05, 0) is 31.2 Å². The highest BCUT2D eigenvalue weighted by Crippen LogP contribution is 2.62. The van der Waals surface area contributed by atoms with Crippen molar-refractivity contribution in [2.24, 2.45) is 17.6 Å². The zero-order chi connectivity index (χ0) is 24.9. The maximum Gasteiger partial charge on any atom is 0.202 e. The van der Waals surface area contributed by atoms with Gasteiger partial charge in [0.1, 0.15) is 17.1 Å². The molecule has 2 unspecified atom stereocenters. The number of hydrogen-bond acceptors (Lipinski definition) is 9. The summed E-state index contributed by atoms with van der Waals surface area (Å²) in [7, 11) is 0. The predicted octanol–water partition coefficient (Wildman–Crippen LogP) is 3.64. The standard InChI is InChI=1S/C24H23N9O.C2H6/c1-13-7-19(32-34-13)24(12-25)16-4-6-33(11-17(16)24)20-10-28-22-21(30-31-23(22)29-20)15-8-26-9-18-14(15)3-2-5-27-18;1-2/h2-3,5,7-10,16-17H,4,6,11-12,25H2,1H3,(H,29,30,31);1-2H3/t16?,17?,24-;/m0./s1. The zero-order valence-electron chi connectivity index (χ0n) is 20.6. The highest BCUT2D eigenvalue weighted by atomic mass is 16.5. The molecule has 0 spiro atoms. The van der Waals surface area contributed by atoms with Crippen LogP contribution < -0.4 is 10.6 Å². The van der Waals surface area contributed by atoms with Crippen LogP contribution in [0.15, 0.2) is 47.5 Å². The number of piperidine rings is 1. The SMILES string of the molecule is CC.Cc1cc([C@@]2(CN)C3CCN(c4cnc5c(-c6cncc7ncccc67)[nH]nc5n4)CC32)no1. The maximum absolute atomic E-state index is 6.27. The topological polar surface area (TPSA) is 136 Å². The fourth-order valence-electron chi connectivity index (χ4n) is 5.88. The van der Waals surface area contributed by atoms with Gasteiger partial charge in [-0.25, -0.2) is 9.97 Å². The van der Waals surface area contributed by atoms with Gasteiger partial charge in [0.25, 0.3) is 0 Å². The van der Waals surface area contributed by atoms with Gasteiger partial charge in [0.15, 0.2) is 0 Å². The third kappa shape index (κ3) is 3.28. The summed E-state index contributed by atoms with van der Waals surface area (Å²) in [5, 5.41) is 12.9. The van der Waals surface area contributed by atoms with Gasteiger partial charge in [0.05, 0.1) is 29.3 Å². The van der Waals surface area contributed by atoms with E-state index in [4.69, 9.17) is 20.2 Å². The van der Waals surface area contributed by atoms with Crippen LogP contribution in [0.4, 0.5) is 5.82 Å². The van der Waals surface area contributed by atoms with Crippen molar-refractivity contribution in [2.75, 3.05) is 24.5 Å². The van der Waals surface area contributed by atoms with E-state index >= 15 is 0 Å². The highest BCUT2D eigenvalue weighted by molar-refractivity contribution is 5.99. The van der Waals surface area contributed by atoms with Crippen LogP contribution in [0.5, 0.6) is 0 Å². The lowest BCUT2D eigenvalue weighted by molar-refractivity contribution is 0.379. The average Bonchev–Trinajstić information content (AvgIpc) is 3.18. The summed E-state index contributed by atoms with van der Waals surface area (Å²) in [6.07, 6.45) is 8.20. The number of aryl methyl sites for hydroxylation is 1. The molecule has 10 nitrogen and oxygen atoms in total. The molecule has 0 aromatic carbocycles. The van der Waals surface area contributed by atoms with Gasteiger partial charge < -0.3 is 15.2 Å². The number of nitrogens with two attached hydrogens (primary N) is 1. The number of anilines is 1. The minimum absolute atomic E-state index is 0.0983. The molecule has 1 aliphatic carbocycles. The van der Waals surface area contributed by atoms with Crippen LogP contribution in [0.1, 0.15) is 31.7 Å². The first-order chi connectivity index (χ1) is 17.7. The molecule has 2 fully saturated rings. The Labute approximate surface area is 208 Å². The summed E-state index contributed by atoms with van der Waals surface area (Å²) >= 11 is 0. The van der Waals surface area contributed by atoms with Crippen molar-refractivity contribution in [1.29, 1.82) is 0 Å². The van der Waals surface area contributed by atoms with Gasteiger partial charge in [0.2, 0.25) is 5.65 Å². The lowest BCUT2D eigenvalue weighted by atomic mass is 9.97. The highest BCUT2D eigenvalue weighted by Gasteiger charge is 2.67. The van der Waals surface area contributed by atoms with Crippen LogP contribution in [-0.4, -0.2) is 54.9 Å². The average molecular weight is 484 g/mol. The van der Waals surface area contributed by atoms with Crippen LogP contribution in [0.3, 0.4) is 0 Å². The van der Waals surface area contributed by atoms with Crippen molar-refractivity contribution in [2.45, 2.75) is 32.6 Å². The monoisotopic (exact) mass is 483 g/mol. The van der Waals surface area contributed by atoms with E-state index in [2.05, 4.69) is 30.2 Å². The van der Waals surface area contributed by atoms with E-state index in [-0.39, 0.29) is 5.41 Å². The number of nitrogens with zero attached hydrogens (tertiary/aromatic N) is 7. The number of fused-ring (bicyclic) bond motifs is 3. The van der Waals surface area contributed by atoms with E-state index < -0.39 is 0 Å². The van der Waals surface area contributed by atoms with Crippen LogP contribution >= 0.6 is 0 Å². The molecule has 3 N–H and O–H groups in total. The second-order valence-electron chi connectivity index (χ2n) is 9.27. The Morgan fingerprint density at radius 3 is 2.89 bits per heavy atom. The Morgan fingerprint density at radius 1 is 1.19 bits per heavy atom. The number of aromatic amines is 1. The van der Waals surface area contributed by atoms with Crippen molar-refractivity contribution >= 4 is 27.9 Å². The number of hydrogen-bond donors (Lipinski definition) is 2. The molecule has 36 heavy (non-hydrogen) atoms. The van der Waals surface area contributed by atoms with Crippen LogP contribution in [0.2, 0.25) is 0 Å². The van der Waals surface area contributed by atoms with Crippen LogP contribution in [0.25, 0.3) is 33.3 Å². The second kappa shape index (κ2) is 8.63. The molecule has 5 aromatic heterocycles. The van der Waals surface area contributed by atoms with E-state index in [0.29, 0.717) is 24.0 Å². The minimum Gasteiger partial charge on any atom is -0.361 e. The molecule has 0 amide bonds. The molecule has 2 aliphatic rings. The smallest absolute Gasteiger partial charge is 0.202 e. The Balaban J connectivity index is 0.00000117. The first-order valence-electron chi connectivity index (χ1n) is 12.5. The molecule has 1 saturated carbocycles. The third-order valence-electron chi connectivity index (χ3n) is 7.64. The van der Waals surface area contributed by atoms with Gasteiger partial charge in [-0.2, -0.15) is 5.10 Å². The van der Waals surface area contributed by atoms with Gasteiger partial charge in [0, 0.05) is 54.5 Å². The Kier molecular flexibility index (Phi) is 5.40. The number of nitrogens with one attached hydrogen (secondary N) is 1. The first kappa shape index (κ1) is 22.5. The van der Waals surface area contributed by atoms with E-state index in [1.54, 1.807) is 12.4 Å². The second-order valence-corrected chi connectivity index (χ2v) is 9.27. The molecule has 10 heteroatoms. The number of rotatable bonds is 4. The Morgan fingerprint density at radius 2 is 2.08 bits per heavy atom. The molecule has 0 bridgehead atoms. The molecular weight excluding hydrogens is 454 g/mol. The number of aromatic nitrogens is 7. The summed E-state index contributed by atoms with van der Waals surface area (Å²) in [5.41, 5.74) is 11.0.